The van der Waals surface area contributed by atoms with Crippen LogP contribution in [-0.2, 0) is 21.4 Å². The van der Waals surface area contributed by atoms with Gasteiger partial charge in [0.15, 0.2) is 0 Å². The maximum Gasteiger partial charge on any atom is 0.241 e. The van der Waals surface area contributed by atoms with Gasteiger partial charge in [-0.3, -0.25) is 4.79 Å². The number of hydrogen-bond acceptors (Lipinski definition) is 4. The highest BCUT2D eigenvalue weighted by molar-refractivity contribution is 7.89. The Morgan fingerprint density at radius 3 is 2.28 bits per heavy atom. The first-order chi connectivity index (χ1) is 11.8. The summed E-state index contributed by atoms with van der Waals surface area (Å²) >= 11 is 5.75. The van der Waals surface area contributed by atoms with Gasteiger partial charge in [0.05, 0.1) is 18.0 Å². The molecule has 0 unspecified atom stereocenters. The summed E-state index contributed by atoms with van der Waals surface area (Å²) in [7, 11) is -2.22. The Kier molecular flexibility index (Phi) is 6.41. The van der Waals surface area contributed by atoms with Crippen molar-refractivity contribution in [3.63, 3.8) is 0 Å². The van der Waals surface area contributed by atoms with Gasteiger partial charge in [-0.1, -0.05) is 23.7 Å². The minimum absolute atomic E-state index is 0.0479. The molecule has 0 spiro atoms. The van der Waals surface area contributed by atoms with E-state index in [1.54, 1.807) is 19.2 Å². The molecule has 1 atom stereocenters. The van der Waals surface area contributed by atoms with Crippen molar-refractivity contribution >= 4 is 27.5 Å². The lowest BCUT2D eigenvalue weighted by atomic mass is 10.2. The minimum atomic E-state index is -3.80. The van der Waals surface area contributed by atoms with Crippen LogP contribution in [0.1, 0.15) is 12.5 Å². The number of benzene rings is 2. The van der Waals surface area contributed by atoms with E-state index in [0.717, 1.165) is 11.3 Å². The van der Waals surface area contributed by atoms with Crippen molar-refractivity contribution in [3.8, 4) is 5.75 Å². The van der Waals surface area contributed by atoms with Crippen LogP contribution >= 0.6 is 11.6 Å². The standard InChI is InChI=1S/C17H19ClN2O4S/c1-12(20-25(22,23)16-9-5-14(18)6-10-16)17(21)19-11-13-3-7-15(24-2)8-4-13/h3-10,12,20H,11H2,1-2H3,(H,19,21)/t12-/m0/s1. The van der Waals surface area contributed by atoms with Crippen molar-refractivity contribution in [3.05, 3.63) is 59.1 Å². The number of carbonyl (C=O) groups is 1. The van der Waals surface area contributed by atoms with Crippen LogP contribution in [0.5, 0.6) is 5.75 Å². The second-order valence-electron chi connectivity index (χ2n) is 5.36. The molecule has 6 nitrogen and oxygen atoms in total. The smallest absolute Gasteiger partial charge is 0.241 e. The molecule has 25 heavy (non-hydrogen) atoms. The zero-order chi connectivity index (χ0) is 18.4. The van der Waals surface area contributed by atoms with Gasteiger partial charge in [-0.15, -0.1) is 0 Å². The van der Waals surface area contributed by atoms with Gasteiger partial charge in [-0.25, -0.2) is 8.42 Å². The van der Waals surface area contributed by atoms with Gasteiger partial charge in [-0.05, 0) is 48.9 Å². The van der Waals surface area contributed by atoms with Crippen LogP contribution in [0.25, 0.3) is 0 Å². The Balaban J connectivity index is 1.93. The molecule has 2 aromatic carbocycles. The van der Waals surface area contributed by atoms with Crippen LogP contribution in [0.3, 0.4) is 0 Å². The van der Waals surface area contributed by atoms with E-state index in [0.29, 0.717) is 5.02 Å². The molecule has 0 saturated carbocycles. The first-order valence-electron chi connectivity index (χ1n) is 7.50. The Morgan fingerprint density at radius 2 is 1.72 bits per heavy atom. The second kappa shape index (κ2) is 8.33. The van der Waals surface area contributed by atoms with Crippen LogP contribution in [0.4, 0.5) is 0 Å². The highest BCUT2D eigenvalue weighted by Crippen LogP contribution is 2.14. The van der Waals surface area contributed by atoms with Gasteiger partial charge >= 0.3 is 0 Å². The monoisotopic (exact) mass is 382 g/mol. The molecular weight excluding hydrogens is 364 g/mol. The number of sulfonamides is 1. The second-order valence-corrected chi connectivity index (χ2v) is 7.51. The summed E-state index contributed by atoms with van der Waals surface area (Å²) in [4.78, 5) is 12.2. The normalized spacial score (nSPS) is 12.4. The minimum Gasteiger partial charge on any atom is -0.497 e. The van der Waals surface area contributed by atoms with E-state index in [1.165, 1.54) is 31.2 Å². The summed E-state index contributed by atoms with van der Waals surface area (Å²) < 4.78 is 31.9. The maximum absolute atomic E-state index is 12.3. The Morgan fingerprint density at radius 1 is 1.12 bits per heavy atom. The molecular formula is C17H19ClN2O4S. The highest BCUT2D eigenvalue weighted by Gasteiger charge is 2.21. The molecule has 0 aromatic heterocycles. The summed E-state index contributed by atoms with van der Waals surface area (Å²) in [6, 6.07) is 12.0. The maximum atomic E-state index is 12.3. The topological polar surface area (TPSA) is 84.5 Å². The third-order valence-electron chi connectivity index (χ3n) is 3.47. The fourth-order valence-corrected chi connectivity index (χ4v) is 3.38. The molecule has 0 aliphatic rings. The van der Waals surface area contributed by atoms with E-state index in [1.807, 2.05) is 12.1 Å². The largest absolute Gasteiger partial charge is 0.497 e. The number of halogens is 1. The number of amides is 1. The Labute approximate surface area is 152 Å². The zero-order valence-electron chi connectivity index (χ0n) is 13.8. The van der Waals surface area contributed by atoms with Gasteiger partial charge in [-0.2, -0.15) is 4.72 Å². The number of carbonyl (C=O) groups excluding carboxylic acids is 1. The van der Waals surface area contributed by atoms with Crippen molar-refractivity contribution < 1.29 is 17.9 Å². The molecule has 0 heterocycles. The third-order valence-corrected chi connectivity index (χ3v) is 5.28. The van der Waals surface area contributed by atoms with Crippen LogP contribution in [0.15, 0.2) is 53.4 Å². The van der Waals surface area contributed by atoms with Gasteiger partial charge < -0.3 is 10.1 Å². The SMILES string of the molecule is COc1ccc(CNC(=O)[C@H](C)NS(=O)(=O)c2ccc(Cl)cc2)cc1. The zero-order valence-corrected chi connectivity index (χ0v) is 15.4. The van der Waals surface area contributed by atoms with E-state index >= 15 is 0 Å². The molecule has 0 saturated heterocycles. The summed E-state index contributed by atoms with van der Waals surface area (Å²) in [5.41, 5.74) is 0.877. The van der Waals surface area contributed by atoms with E-state index < -0.39 is 22.0 Å². The average Bonchev–Trinajstić information content (AvgIpc) is 2.60. The highest BCUT2D eigenvalue weighted by atomic mass is 35.5. The molecule has 8 heteroatoms. The predicted molar refractivity (Wildman–Crippen MR) is 96.1 cm³/mol. The number of ether oxygens (including phenoxy) is 1. The van der Waals surface area contributed by atoms with Gasteiger partial charge in [0.2, 0.25) is 15.9 Å². The van der Waals surface area contributed by atoms with E-state index in [-0.39, 0.29) is 11.4 Å². The number of hydrogen-bond donors (Lipinski definition) is 2. The lowest BCUT2D eigenvalue weighted by Gasteiger charge is -2.14. The molecule has 2 N–H and O–H groups in total. The lowest BCUT2D eigenvalue weighted by molar-refractivity contribution is -0.122. The van der Waals surface area contributed by atoms with E-state index in [9.17, 15) is 13.2 Å². The molecule has 2 rings (SSSR count). The summed E-state index contributed by atoms with van der Waals surface area (Å²) in [5.74, 6) is 0.299. The van der Waals surface area contributed by atoms with Gasteiger partial charge in [0, 0.05) is 11.6 Å². The summed E-state index contributed by atoms with van der Waals surface area (Å²) in [6.45, 7) is 1.77. The number of nitrogens with one attached hydrogen (secondary N) is 2. The van der Waals surface area contributed by atoms with Crippen LogP contribution < -0.4 is 14.8 Å². The summed E-state index contributed by atoms with van der Waals surface area (Å²) in [5, 5.41) is 3.13. The molecule has 0 aliphatic heterocycles. The molecule has 0 fully saturated rings. The van der Waals surface area contributed by atoms with Crippen molar-refractivity contribution in [1.82, 2.24) is 10.0 Å². The molecule has 2 aromatic rings. The quantitative estimate of drug-likeness (QED) is 0.769. The number of methoxy groups -OCH3 is 1. The van der Waals surface area contributed by atoms with Gasteiger partial charge in [0.1, 0.15) is 5.75 Å². The van der Waals surface area contributed by atoms with Crippen molar-refractivity contribution in [2.75, 3.05) is 7.11 Å². The Hall–Kier alpha value is -2.09. The van der Waals surface area contributed by atoms with Crippen molar-refractivity contribution in [1.29, 1.82) is 0 Å². The molecule has 1 amide bonds. The van der Waals surface area contributed by atoms with E-state index in [4.69, 9.17) is 16.3 Å². The lowest BCUT2D eigenvalue weighted by Crippen LogP contribution is -2.44. The number of rotatable bonds is 7. The molecule has 0 radical (unpaired) electrons. The fraction of sp³-hybridized carbons (Fsp3) is 0.235. The average molecular weight is 383 g/mol. The first kappa shape index (κ1) is 19.2. The van der Waals surface area contributed by atoms with Crippen LogP contribution in [0.2, 0.25) is 5.02 Å². The molecule has 0 aliphatic carbocycles. The first-order valence-corrected chi connectivity index (χ1v) is 9.36. The third kappa shape index (κ3) is 5.45. The van der Waals surface area contributed by atoms with E-state index in [2.05, 4.69) is 10.0 Å². The fourth-order valence-electron chi connectivity index (χ4n) is 2.05. The molecule has 0 bridgehead atoms. The molecule has 134 valence electrons. The van der Waals surface area contributed by atoms with Crippen LogP contribution in [0, 0.1) is 0 Å². The van der Waals surface area contributed by atoms with Crippen molar-refractivity contribution in [2.24, 2.45) is 0 Å². The predicted octanol–water partition coefficient (Wildman–Crippen LogP) is 2.33. The van der Waals surface area contributed by atoms with Crippen molar-refractivity contribution in [2.45, 2.75) is 24.4 Å². The van der Waals surface area contributed by atoms with Crippen LogP contribution in [-0.4, -0.2) is 27.5 Å². The van der Waals surface area contributed by atoms with Gasteiger partial charge in [0.25, 0.3) is 0 Å². The Bertz CT molecular complexity index is 821. The summed E-state index contributed by atoms with van der Waals surface area (Å²) in [6.07, 6.45) is 0.